The molecule has 3 aromatic heterocycles. The van der Waals surface area contributed by atoms with Gasteiger partial charge in [0, 0.05) is 34.6 Å². The maximum atomic E-state index is 14.8. The summed E-state index contributed by atoms with van der Waals surface area (Å²) in [5.41, 5.74) is 4.15. The Morgan fingerprint density at radius 1 is 0.935 bits per heavy atom. The number of aromatic amines is 1. The van der Waals surface area contributed by atoms with Gasteiger partial charge in [-0.1, -0.05) is 6.07 Å². The number of nitrogens with zero attached hydrogens (tertiary/aromatic N) is 3. The smallest absolute Gasteiger partial charge is 0.255 e. The third-order valence-corrected chi connectivity index (χ3v) is 4.96. The number of fused-ring (bicyclic) bond motifs is 1. The lowest BCUT2D eigenvalue weighted by molar-refractivity contribution is 0.102. The molecule has 0 radical (unpaired) electrons. The van der Waals surface area contributed by atoms with Crippen LogP contribution in [0.2, 0.25) is 0 Å². The first kappa shape index (κ1) is 18.7. The van der Waals surface area contributed by atoms with Crippen molar-refractivity contribution in [1.29, 1.82) is 0 Å². The molecule has 8 heteroatoms. The summed E-state index contributed by atoms with van der Waals surface area (Å²) in [7, 11) is 0. The number of H-pyrrole nitrogens is 1. The minimum atomic E-state index is -0.589. The minimum absolute atomic E-state index is 0.0333. The van der Waals surface area contributed by atoms with Gasteiger partial charge in [0.05, 0.1) is 23.8 Å². The van der Waals surface area contributed by atoms with Gasteiger partial charge in [-0.05, 0) is 48.5 Å². The van der Waals surface area contributed by atoms with Crippen molar-refractivity contribution in [3.8, 4) is 22.4 Å². The van der Waals surface area contributed by atoms with Crippen LogP contribution in [0.25, 0.3) is 28.0 Å². The number of hydrogen-bond donors (Lipinski definition) is 2. The van der Waals surface area contributed by atoms with E-state index in [1.807, 2.05) is 22.7 Å². The van der Waals surface area contributed by atoms with E-state index in [4.69, 9.17) is 0 Å². The third-order valence-electron chi connectivity index (χ3n) is 4.96. The van der Waals surface area contributed by atoms with E-state index in [9.17, 15) is 13.6 Å². The average molecular weight is 415 g/mol. The Bertz CT molecular complexity index is 1390. The fourth-order valence-electron chi connectivity index (χ4n) is 3.35. The molecule has 0 aliphatic rings. The van der Waals surface area contributed by atoms with Crippen molar-refractivity contribution < 1.29 is 13.6 Å². The van der Waals surface area contributed by atoms with E-state index in [0.29, 0.717) is 11.3 Å². The first-order valence-electron chi connectivity index (χ1n) is 9.41. The van der Waals surface area contributed by atoms with E-state index < -0.39 is 17.5 Å². The molecule has 0 saturated heterocycles. The van der Waals surface area contributed by atoms with Crippen molar-refractivity contribution >= 4 is 17.2 Å². The summed E-state index contributed by atoms with van der Waals surface area (Å²) >= 11 is 0. The van der Waals surface area contributed by atoms with Crippen LogP contribution in [0.3, 0.4) is 0 Å². The maximum absolute atomic E-state index is 14.8. The summed E-state index contributed by atoms with van der Waals surface area (Å²) in [5, 5.41) is 9.26. The molecule has 0 spiro atoms. The van der Waals surface area contributed by atoms with Gasteiger partial charge < -0.3 is 5.32 Å². The Hall–Kier alpha value is -4.33. The molecular weight excluding hydrogens is 400 g/mol. The van der Waals surface area contributed by atoms with Gasteiger partial charge in [0.2, 0.25) is 0 Å². The number of anilines is 1. The molecule has 5 rings (SSSR count). The zero-order valence-electron chi connectivity index (χ0n) is 16.0. The Labute approximate surface area is 175 Å². The minimum Gasteiger partial charge on any atom is -0.319 e. The SMILES string of the molecule is O=C(Nc1ccc(-c2cnc3ccc(-c4cn[nH]c4)cn23)cc1F)c1ccc(F)cc1. The zero-order valence-corrected chi connectivity index (χ0v) is 16.0. The largest absolute Gasteiger partial charge is 0.319 e. The number of nitrogens with one attached hydrogen (secondary N) is 2. The van der Waals surface area contributed by atoms with Gasteiger partial charge in [-0.25, -0.2) is 13.8 Å². The predicted molar refractivity (Wildman–Crippen MR) is 113 cm³/mol. The van der Waals surface area contributed by atoms with Crippen LogP contribution in [0.15, 0.2) is 79.4 Å². The zero-order chi connectivity index (χ0) is 21.4. The third kappa shape index (κ3) is 3.55. The number of carbonyl (C=O) groups is 1. The molecule has 0 saturated carbocycles. The summed E-state index contributed by atoms with van der Waals surface area (Å²) in [6, 6.07) is 13.4. The van der Waals surface area contributed by atoms with Gasteiger partial charge in [-0.2, -0.15) is 5.10 Å². The summed E-state index contributed by atoms with van der Waals surface area (Å²) in [4.78, 5) is 16.7. The van der Waals surface area contributed by atoms with Crippen LogP contribution in [-0.2, 0) is 0 Å². The van der Waals surface area contributed by atoms with Crippen molar-refractivity contribution in [2.75, 3.05) is 5.32 Å². The normalized spacial score (nSPS) is 11.0. The van der Waals surface area contributed by atoms with E-state index in [0.717, 1.165) is 16.8 Å². The van der Waals surface area contributed by atoms with Crippen molar-refractivity contribution in [1.82, 2.24) is 19.6 Å². The van der Waals surface area contributed by atoms with E-state index >= 15 is 0 Å². The second-order valence-electron chi connectivity index (χ2n) is 6.93. The summed E-state index contributed by atoms with van der Waals surface area (Å²) in [6.07, 6.45) is 7.08. The number of halogens is 2. The van der Waals surface area contributed by atoms with Crippen molar-refractivity contribution in [3.63, 3.8) is 0 Å². The molecule has 152 valence electrons. The Morgan fingerprint density at radius 3 is 2.48 bits per heavy atom. The van der Waals surface area contributed by atoms with Gasteiger partial charge in [-0.3, -0.25) is 14.3 Å². The number of rotatable bonds is 4. The Balaban J connectivity index is 1.46. The molecule has 0 aliphatic carbocycles. The number of pyridine rings is 1. The highest BCUT2D eigenvalue weighted by Gasteiger charge is 2.13. The van der Waals surface area contributed by atoms with E-state index in [2.05, 4.69) is 20.5 Å². The number of aromatic nitrogens is 4. The average Bonchev–Trinajstić information content (AvgIpc) is 3.45. The summed E-state index contributed by atoms with van der Waals surface area (Å²) in [5.74, 6) is -1.56. The van der Waals surface area contributed by atoms with Crippen molar-refractivity contribution in [2.45, 2.75) is 0 Å². The predicted octanol–water partition coefficient (Wildman–Crippen LogP) is 4.92. The topological polar surface area (TPSA) is 75.1 Å². The second-order valence-corrected chi connectivity index (χ2v) is 6.93. The molecule has 3 heterocycles. The Kier molecular flexibility index (Phi) is 4.51. The molecular formula is C23H15F2N5O. The second kappa shape index (κ2) is 7.49. The summed E-state index contributed by atoms with van der Waals surface area (Å²) < 4.78 is 29.7. The molecule has 0 atom stereocenters. The van der Waals surface area contributed by atoms with Crippen LogP contribution in [0, 0.1) is 11.6 Å². The quantitative estimate of drug-likeness (QED) is 0.437. The van der Waals surface area contributed by atoms with E-state index in [1.54, 1.807) is 24.7 Å². The summed E-state index contributed by atoms with van der Waals surface area (Å²) in [6.45, 7) is 0. The number of amides is 1. The molecule has 0 unspecified atom stereocenters. The molecule has 0 bridgehead atoms. The van der Waals surface area contributed by atoms with Crippen LogP contribution in [0.4, 0.5) is 14.5 Å². The first-order valence-corrected chi connectivity index (χ1v) is 9.41. The lowest BCUT2D eigenvalue weighted by atomic mass is 10.1. The number of carbonyl (C=O) groups excluding carboxylic acids is 1. The highest BCUT2D eigenvalue weighted by atomic mass is 19.1. The van der Waals surface area contributed by atoms with Gasteiger partial charge >= 0.3 is 0 Å². The molecule has 0 aliphatic heterocycles. The van der Waals surface area contributed by atoms with Crippen LogP contribution >= 0.6 is 0 Å². The lowest BCUT2D eigenvalue weighted by Gasteiger charge is -2.09. The molecule has 2 N–H and O–H groups in total. The van der Waals surface area contributed by atoms with Crippen molar-refractivity contribution in [2.24, 2.45) is 0 Å². The van der Waals surface area contributed by atoms with Crippen LogP contribution in [0.1, 0.15) is 10.4 Å². The monoisotopic (exact) mass is 415 g/mol. The van der Waals surface area contributed by atoms with Gasteiger partial charge in [0.15, 0.2) is 0 Å². The van der Waals surface area contributed by atoms with Crippen LogP contribution in [0.5, 0.6) is 0 Å². The van der Waals surface area contributed by atoms with Gasteiger partial charge in [0.25, 0.3) is 5.91 Å². The molecule has 6 nitrogen and oxygen atoms in total. The highest BCUT2D eigenvalue weighted by molar-refractivity contribution is 6.04. The first-order chi connectivity index (χ1) is 15.1. The number of imidazole rings is 1. The fourth-order valence-corrected chi connectivity index (χ4v) is 3.35. The van der Waals surface area contributed by atoms with E-state index in [1.165, 1.54) is 36.4 Å². The fraction of sp³-hybridized carbons (Fsp3) is 0. The molecule has 31 heavy (non-hydrogen) atoms. The van der Waals surface area contributed by atoms with Gasteiger partial charge in [0.1, 0.15) is 17.3 Å². The van der Waals surface area contributed by atoms with Gasteiger partial charge in [-0.15, -0.1) is 0 Å². The lowest BCUT2D eigenvalue weighted by Crippen LogP contribution is -2.13. The molecule has 1 amide bonds. The molecule has 5 aromatic rings. The van der Waals surface area contributed by atoms with Crippen LogP contribution in [-0.4, -0.2) is 25.5 Å². The Morgan fingerprint density at radius 2 is 1.74 bits per heavy atom. The standard InChI is InChI=1S/C23H15F2N5O/c24-18-5-1-14(2-6-18)23(31)29-20-7-3-15(9-19(20)25)21-12-26-22-8-4-16(13-30(21)22)17-10-27-28-11-17/h1-13H,(H,27,28)(H,29,31). The van der Waals surface area contributed by atoms with Crippen LogP contribution < -0.4 is 5.32 Å². The highest BCUT2D eigenvalue weighted by Crippen LogP contribution is 2.27. The van der Waals surface area contributed by atoms with Crippen molar-refractivity contribution in [3.05, 3.63) is 96.6 Å². The maximum Gasteiger partial charge on any atom is 0.255 e. The van der Waals surface area contributed by atoms with E-state index in [-0.39, 0.29) is 11.3 Å². The molecule has 2 aromatic carbocycles. The number of benzene rings is 2. The number of hydrogen-bond acceptors (Lipinski definition) is 3. The molecule has 0 fully saturated rings.